The molecule has 0 aliphatic heterocycles. The number of rotatable bonds is 7. The van der Waals surface area contributed by atoms with Crippen molar-refractivity contribution in [3.63, 3.8) is 0 Å². The molecule has 0 atom stereocenters. The Morgan fingerprint density at radius 1 is 0.333 bits per heavy atom. The highest BCUT2D eigenvalue weighted by Crippen LogP contribution is 2.74. The van der Waals surface area contributed by atoms with Gasteiger partial charge in [0.25, 0.3) is 0 Å². The van der Waals surface area contributed by atoms with Crippen molar-refractivity contribution in [2.24, 2.45) is 0 Å². The lowest BCUT2D eigenvalue weighted by atomic mass is 9.84. The van der Waals surface area contributed by atoms with Crippen molar-refractivity contribution in [2.45, 2.75) is 12.1 Å². The third-order valence-corrected chi connectivity index (χ3v) is 12.8. The second-order valence-electron chi connectivity index (χ2n) is 9.99. The number of benzene rings is 6. The molecule has 0 radical (unpaired) electrons. The predicted molar refractivity (Wildman–Crippen MR) is 169 cm³/mol. The summed E-state index contributed by atoms with van der Waals surface area (Å²) in [6, 6.07) is 65.3. The number of hydrogen-bond donors (Lipinski definition) is 0. The summed E-state index contributed by atoms with van der Waals surface area (Å²) in [5.74, 6) is 0. The van der Waals surface area contributed by atoms with Crippen LogP contribution in [-0.2, 0) is 5.16 Å². The van der Waals surface area contributed by atoms with E-state index in [9.17, 15) is 0 Å². The van der Waals surface area contributed by atoms with Crippen molar-refractivity contribution in [1.82, 2.24) is 0 Å². The van der Waals surface area contributed by atoms with Crippen LogP contribution in [0.5, 0.6) is 0 Å². The molecule has 0 unspecified atom stereocenters. The Kier molecular flexibility index (Phi) is 6.97. The third-order valence-electron chi connectivity index (χ3n) is 7.79. The van der Waals surface area contributed by atoms with E-state index in [0.717, 1.165) is 0 Å². The Bertz CT molecular complexity index is 1470. The molecular weight excluding hydrogens is 487 g/mol. The maximum absolute atomic E-state index is 2.48. The third kappa shape index (κ3) is 4.13. The predicted octanol–water partition coefficient (Wildman–Crippen LogP) is 8.28. The van der Waals surface area contributed by atoms with E-state index in [1.807, 2.05) is 0 Å². The Labute approximate surface area is 233 Å². The summed E-state index contributed by atoms with van der Waals surface area (Å²) >= 11 is 0. The molecule has 39 heavy (non-hydrogen) atoms. The van der Waals surface area contributed by atoms with Crippen LogP contribution in [0.4, 0.5) is 0 Å². The van der Waals surface area contributed by atoms with Crippen molar-refractivity contribution >= 4 is 23.2 Å². The van der Waals surface area contributed by atoms with Crippen molar-refractivity contribution < 1.29 is 0 Å². The number of hydrogen-bond acceptors (Lipinski definition) is 0. The normalized spacial score (nSPS) is 11.7. The Morgan fingerprint density at radius 3 is 0.949 bits per heavy atom. The molecule has 6 aromatic rings. The van der Waals surface area contributed by atoms with Crippen LogP contribution in [0.15, 0.2) is 176 Å². The minimum Gasteiger partial charge on any atom is -0.0622 e. The van der Waals surface area contributed by atoms with Gasteiger partial charge >= 0.3 is 0 Å². The molecular formula is C38H32P+. The van der Waals surface area contributed by atoms with Gasteiger partial charge in [0.15, 0.2) is 5.16 Å². The van der Waals surface area contributed by atoms with E-state index < -0.39 is 12.4 Å². The Morgan fingerprint density at radius 2 is 0.615 bits per heavy atom. The SMILES string of the molecule is Cc1ccc([P+](c2ccccc2)(c2ccccc2)C(c2ccccc2)(c2ccccc2)c2ccccc2)cc1. The van der Waals surface area contributed by atoms with Crippen LogP contribution >= 0.6 is 7.26 Å². The molecule has 0 bridgehead atoms. The fourth-order valence-electron chi connectivity index (χ4n) is 6.22. The zero-order valence-electron chi connectivity index (χ0n) is 22.2. The van der Waals surface area contributed by atoms with Gasteiger partial charge in [0.1, 0.15) is 23.2 Å². The molecule has 1 heteroatoms. The lowest BCUT2D eigenvalue weighted by Gasteiger charge is -2.46. The van der Waals surface area contributed by atoms with E-state index in [1.54, 1.807) is 0 Å². The van der Waals surface area contributed by atoms with Crippen LogP contribution in [-0.4, -0.2) is 0 Å². The smallest absolute Gasteiger partial charge is 0.0622 e. The first-order chi connectivity index (χ1) is 19.3. The second kappa shape index (κ2) is 10.9. The van der Waals surface area contributed by atoms with Crippen LogP contribution in [0.3, 0.4) is 0 Å². The van der Waals surface area contributed by atoms with Gasteiger partial charge in [-0.2, -0.15) is 0 Å². The first kappa shape index (κ1) is 25.1. The van der Waals surface area contributed by atoms with Gasteiger partial charge in [0.2, 0.25) is 0 Å². The molecule has 0 amide bonds. The number of aryl methyl sites for hydroxylation is 1. The summed E-state index contributed by atoms with van der Waals surface area (Å²) in [7, 11) is -2.48. The zero-order chi connectivity index (χ0) is 26.5. The monoisotopic (exact) mass is 519 g/mol. The van der Waals surface area contributed by atoms with Gasteiger partial charge in [-0.1, -0.05) is 145 Å². The Balaban J connectivity index is 1.93. The lowest BCUT2D eigenvalue weighted by Crippen LogP contribution is -2.47. The highest BCUT2D eigenvalue weighted by molar-refractivity contribution is 7.97. The van der Waals surface area contributed by atoms with Gasteiger partial charge in [-0.15, -0.1) is 0 Å². The molecule has 0 N–H and O–H groups in total. The fourth-order valence-corrected chi connectivity index (χ4v) is 11.7. The second-order valence-corrected chi connectivity index (χ2v) is 13.5. The van der Waals surface area contributed by atoms with Crippen molar-refractivity contribution in [3.05, 3.63) is 198 Å². The molecule has 0 heterocycles. The lowest BCUT2D eigenvalue weighted by molar-refractivity contribution is 0.877. The molecule has 0 aliphatic rings. The quantitative estimate of drug-likeness (QED) is 0.147. The minimum absolute atomic E-state index is 0.491. The molecule has 0 spiro atoms. The molecule has 0 saturated heterocycles. The summed E-state index contributed by atoms with van der Waals surface area (Å²) in [6.07, 6.45) is 0. The average Bonchev–Trinajstić information content (AvgIpc) is 3.03. The van der Waals surface area contributed by atoms with Crippen molar-refractivity contribution in [2.75, 3.05) is 0 Å². The summed E-state index contributed by atoms with van der Waals surface area (Å²) in [5.41, 5.74) is 5.15. The highest BCUT2D eigenvalue weighted by atomic mass is 31.2. The highest BCUT2D eigenvalue weighted by Gasteiger charge is 2.65. The molecule has 0 aliphatic carbocycles. The summed E-state index contributed by atoms with van der Waals surface area (Å²) in [6.45, 7) is 2.17. The summed E-state index contributed by atoms with van der Waals surface area (Å²) in [5, 5.41) is 3.59. The van der Waals surface area contributed by atoms with Crippen LogP contribution in [0.25, 0.3) is 0 Å². The first-order valence-corrected chi connectivity index (χ1v) is 15.3. The topological polar surface area (TPSA) is 0 Å². The standard InChI is InChI=1S/C38H32P/c1-31-27-29-37(30-28-31)39(35-23-13-5-14-24-35,36-25-15-6-16-26-36)38(32-17-7-2-8-18-32,33-19-9-3-10-20-33)34-21-11-4-12-22-34/h2-30H,1H3/q+1. The van der Waals surface area contributed by atoms with Crippen molar-refractivity contribution in [3.8, 4) is 0 Å². The average molecular weight is 520 g/mol. The van der Waals surface area contributed by atoms with Gasteiger partial charge in [0.05, 0.1) is 0 Å². The van der Waals surface area contributed by atoms with E-state index >= 15 is 0 Å². The molecule has 0 nitrogen and oxygen atoms in total. The van der Waals surface area contributed by atoms with Gasteiger partial charge in [-0.25, -0.2) is 0 Å². The van der Waals surface area contributed by atoms with E-state index in [-0.39, 0.29) is 0 Å². The maximum Gasteiger partial charge on any atom is 0.168 e. The molecule has 188 valence electrons. The first-order valence-electron chi connectivity index (χ1n) is 13.5. The molecule has 0 fully saturated rings. The molecule has 0 aromatic heterocycles. The zero-order valence-corrected chi connectivity index (χ0v) is 23.1. The van der Waals surface area contributed by atoms with Crippen LogP contribution in [0, 0.1) is 6.92 Å². The molecule has 0 saturated carbocycles. The van der Waals surface area contributed by atoms with E-state index in [4.69, 9.17) is 0 Å². The molecule has 6 rings (SSSR count). The van der Waals surface area contributed by atoms with Crippen LogP contribution < -0.4 is 15.9 Å². The van der Waals surface area contributed by atoms with E-state index in [2.05, 4.69) is 183 Å². The molecule has 6 aromatic carbocycles. The summed E-state index contributed by atoms with van der Waals surface area (Å²) < 4.78 is 0. The minimum atomic E-state index is -2.48. The van der Waals surface area contributed by atoms with Gasteiger partial charge in [-0.05, 0) is 43.3 Å². The summed E-state index contributed by atoms with van der Waals surface area (Å²) in [4.78, 5) is 0. The van der Waals surface area contributed by atoms with Gasteiger partial charge in [0, 0.05) is 16.7 Å². The van der Waals surface area contributed by atoms with Crippen LogP contribution in [0.2, 0.25) is 0 Å². The van der Waals surface area contributed by atoms with Crippen molar-refractivity contribution in [1.29, 1.82) is 0 Å². The van der Waals surface area contributed by atoms with Crippen LogP contribution in [0.1, 0.15) is 22.3 Å². The van der Waals surface area contributed by atoms with Gasteiger partial charge < -0.3 is 0 Å². The largest absolute Gasteiger partial charge is 0.168 e. The van der Waals surface area contributed by atoms with E-state index in [0.29, 0.717) is 0 Å². The Hall–Kier alpha value is -4.25. The maximum atomic E-state index is 2.38. The fraction of sp³-hybridized carbons (Fsp3) is 0.0526. The van der Waals surface area contributed by atoms with E-state index in [1.165, 1.54) is 38.2 Å². The van der Waals surface area contributed by atoms with Gasteiger partial charge in [-0.3, -0.25) is 0 Å².